The van der Waals surface area contributed by atoms with Crippen molar-refractivity contribution < 1.29 is 19.0 Å². The lowest BCUT2D eigenvalue weighted by atomic mass is 10.1. The van der Waals surface area contributed by atoms with E-state index in [1.807, 2.05) is 44.2 Å². The van der Waals surface area contributed by atoms with E-state index in [-0.39, 0.29) is 18.4 Å². The van der Waals surface area contributed by atoms with Crippen LogP contribution in [0.15, 0.2) is 35.4 Å². The number of ether oxygens (including phenoxy) is 3. The van der Waals surface area contributed by atoms with Gasteiger partial charge in [-0.05, 0) is 94.4 Å². The van der Waals surface area contributed by atoms with Crippen molar-refractivity contribution in [2.45, 2.75) is 26.4 Å². The number of hydrogen-bond donors (Lipinski definition) is 1. The predicted octanol–water partition coefficient (Wildman–Crippen LogP) is 4.15. The zero-order valence-corrected chi connectivity index (χ0v) is 19.8. The summed E-state index contributed by atoms with van der Waals surface area (Å²) in [6.45, 7) is 5.06. The summed E-state index contributed by atoms with van der Waals surface area (Å²) in [6.07, 6.45) is 1.96. The van der Waals surface area contributed by atoms with E-state index < -0.39 is 0 Å². The van der Waals surface area contributed by atoms with Crippen molar-refractivity contribution in [3.05, 3.63) is 48.6 Å². The number of nitrogens with one attached hydrogen (secondary N) is 1. The van der Waals surface area contributed by atoms with E-state index in [0.29, 0.717) is 24.7 Å². The first-order valence-corrected chi connectivity index (χ1v) is 10.9. The van der Waals surface area contributed by atoms with Crippen LogP contribution in [0.5, 0.6) is 17.2 Å². The van der Waals surface area contributed by atoms with Crippen LogP contribution in [0.3, 0.4) is 0 Å². The lowest BCUT2D eigenvalue weighted by Crippen LogP contribution is -2.20. The van der Waals surface area contributed by atoms with E-state index in [1.165, 1.54) is 0 Å². The third-order valence-corrected chi connectivity index (χ3v) is 5.35. The highest BCUT2D eigenvalue weighted by Gasteiger charge is 2.13. The van der Waals surface area contributed by atoms with Gasteiger partial charge in [0.15, 0.2) is 11.5 Å². The van der Waals surface area contributed by atoms with Crippen molar-refractivity contribution in [1.29, 1.82) is 0 Å². The van der Waals surface area contributed by atoms with E-state index in [2.05, 4.69) is 55.7 Å². The molecule has 0 aromatic heterocycles. The zero-order valence-electron chi connectivity index (χ0n) is 15.5. The largest absolute Gasteiger partial charge is 0.489 e. The second kappa shape index (κ2) is 9.77. The molecule has 8 heteroatoms. The van der Waals surface area contributed by atoms with Crippen molar-refractivity contribution in [3.63, 3.8) is 0 Å². The normalized spacial score (nSPS) is 13.0. The molecule has 1 N–H and O–H groups in total. The van der Waals surface area contributed by atoms with E-state index in [0.717, 1.165) is 24.0 Å². The first kappa shape index (κ1) is 21.2. The molecule has 1 amide bonds. The van der Waals surface area contributed by atoms with Crippen LogP contribution in [0.2, 0.25) is 0 Å². The SMILES string of the molecule is CC(C)Oc1c(I)cc(/C=N/NC(=O)Cc2ccc3c(c2)OCCO3)cc1I. The molecule has 2 aromatic rings. The van der Waals surface area contributed by atoms with Crippen LogP contribution in [0, 0.1) is 7.14 Å². The summed E-state index contributed by atoms with van der Waals surface area (Å²) in [6, 6.07) is 9.45. The topological polar surface area (TPSA) is 69.2 Å². The summed E-state index contributed by atoms with van der Waals surface area (Å²) in [5.41, 5.74) is 4.30. The van der Waals surface area contributed by atoms with Crippen molar-refractivity contribution in [2.24, 2.45) is 5.10 Å². The number of rotatable bonds is 6. The fourth-order valence-electron chi connectivity index (χ4n) is 2.60. The molecule has 0 aliphatic carbocycles. The standard InChI is InChI=1S/C20H20I2N2O4/c1-12(2)28-20-15(21)7-14(8-16(20)22)11-23-24-19(25)10-13-3-4-17-18(9-13)27-6-5-26-17/h3-4,7-9,11-12H,5-6,10H2,1-2H3,(H,24,25)/b23-11+. The molecular weight excluding hydrogens is 586 g/mol. The van der Waals surface area contributed by atoms with E-state index in [9.17, 15) is 4.79 Å². The first-order valence-electron chi connectivity index (χ1n) is 8.78. The third-order valence-electron chi connectivity index (χ3n) is 3.75. The second-order valence-electron chi connectivity index (χ2n) is 6.43. The fourth-order valence-corrected chi connectivity index (χ4v) is 4.67. The van der Waals surface area contributed by atoms with E-state index >= 15 is 0 Å². The van der Waals surface area contributed by atoms with Gasteiger partial charge in [-0.1, -0.05) is 6.07 Å². The maximum absolute atomic E-state index is 12.2. The van der Waals surface area contributed by atoms with E-state index in [4.69, 9.17) is 14.2 Å². The Kier molecular flexibility index (Phi) is 7.38. The van der Waals surface area contributed by atoms with E-state index in [1.54, 1.807) is 6.21 Å². The molecule has 3 rings (SSSR count). The van der Waals surface area contributed by atoms with Gasteiger partial charge in [0.25, 0.3) is 0 Å². The molecule has 28 heavy (non-hydrogen) atoms. The Balaban J connectivity index is 1.59. The number of amides is 1. The molecule has 0 spiro atoms. The predicted molar refractivity (Wildman–Crippen MR) is 125 cm³/mol. The Hall–Kier alpha value is -1.56. The zero-order chi connectivity index (χ0) is 20.1. The molecule has 6 nitrogen and oxygen atoms in total. The Labute approximate surface area is 191 Å². The van der Waals surface area contributed by atoms with Gasteiger partial charge in [-0.25, -0.2) is 5.43 Å². The summed E-state index contributed by atoms with van der Waals surface area (Å²) in [5.74, 6) is 2.06. The summed E-state index contributed by atoms with van der Waals surface area (Å²) in [4.78, 5) is 12.2. The molecule has 2 aromatic carbocycles. The molecular formula is C20H20I2N2O4. The number of benzene rings is 2. The Morgan fingerprint density at radius 2 is 1.86 bits per heavy atom. The van der Waals surface area contributed by atoms with Gasteiger partial charge in [0, 0.05) is 0 Å². The second-order valence-corrected chi connectivity index (χ2v) is 8.75. The van der Waals surface area contributed by atoms with Crippen LogP contribution in [0.25, 0.3) is 0 Å². The number of hydrazone groups is 1. The highest BCUT2D eigenvalue weighted by Crippen LogP contribution is 2.31. The molecule has 0 fully saturated rings. The third kappa shape index (κ3) is 5.72. The number of carbonyl (C=O) groups excluding carboxylic acids is 1. The molecule has 0 bridgehead atoms. The summed E-state index contributed by atoms with van der Waals surface area (Å²) in [7, 11) is 0. The van der Waals surface area contributed by atoms with Crippen LogP contribution >= 0.6 is 45.2 Å². The summed E-state index contributed by atoms with van der Waals surface area (Å²) >= 11 is 4.48. The van der Waals surface area contributed by atoms with Gasteiger partial charge >= 0.3 is 0 Å². The molecule has 0 saturated carbocycles. The number of carbonyl (C=O) groups is 1. The van der Waals surface area contributed by atoms with Gasteiger partial charge in [-0.15, -0.1) is 0 Å². The van der Waals surface area contributed by atoms with Gasteiger partial charge in [0.05, 0.1) is 25.9 Å². The lowest BCUT2D eigenvalue weighted by Gasteiger charge is -2.18. The maximum Gasteiger partial charge on any atom is 0.244 e. The smallest absolute Gasteiger partial charge is 0.244 e. The molecule has 1 heterocycles. The maximum atomic E-state index is 12.2. The molecule has 0 atom stereocenters. The van der Waals surface area contributed by atoms with Crippen LogP contribution in [0.4, 0.5) is 0 Å². The number of nitrogens with zero attached hydrogens (tertiary/aromatic N) is 1. The minimum Gasteiger partial charge on any atom is -0.489 e. The lowest BCUT2D eigenvalue weighted by molar-refractivity contribution is -0.120. The molecule has 0 unspecified atom stereocenters. The molecule has 148 valence electrons. The monoisotopic (exact) mass is 606 g/mol. The quantitative estimate of drug-likeness (QED) is 0.305. The molecule has 0 radical (unpaired) electrons. The average molecular weight is 606 g/mol. The van der Waals surface area contributed by atoms with Crippen LogP contribution < -0.4 is 19.6 Å². The molecule has 0 saturated heterocycles. The van der Waals surface area contributed by atoms with Gasteiger partial charge in [-0.3, -0.25) is 4.79 Å². The minimum atomic E-state index is -0.197. The van der Waals surface area contributed by atoms with Crippen LogP contribution in [-0.2, 0) is 11.2 Å². The Bertz CT molecular complexity index is 877. The molecule has 1 aliphatic rings. The number of hydrogen-bond acceptors (Lipinski definition) is 5. The van der Waals surface area contributed by atoms with Gasteiger partial charge < -0.3 is 14.2 Å². The number of halogens is 2. The summed E-state index contributed by atoms with van der Waals surface area (Å²) < 4.78 is 18.9. The minimum absolute atomic E-state index is 0.112. The van der Waals surface area contributed by atoms with Gasteiger partial charge in [0.2, 0.25) is 5.91 Å². The van der Waals surface area contributed by atoms with Crippen molar-refractivity contribution in [3.8, 4) is 17.2 Å². The van der Waals surface area contributed by atoms with Crippen molar-refractivity contribution in [1.82, 2.24) is 5.43 Å². The van der Waals surface area contributed by atoms with Gasteiger partial charge in [-0.2, -0.15) is 5.10 Å². The highest BCUT2D eigenvalue weighted by atomic mass is 127. The Morgan fingerprint density at radius 3 is 2.54 bits per heavy atom. The number of fused-ring (bicyclic) bond motifs is 1. The van der Waals surface area contributed by atoms with Crippen molar-refractivity contribution in [2.75, 3.05) is 13.2 Å². The first-order chi connectivity index (χ1) is 13.4. The molecule has 1 aliphatic heterocycles. The Morgan fingerprint density at radius 1 is 1.18 bits per heavy atom. The fraction of sp³-hybridized carbons (Fsp3) is 0.300. The van der Waals surface area contributed by atoms with Gasteiger partial charge in [0.1, 0.15) is 19.0 Å². The highest BCUT2D eigenvalue weighted by molar-refractivity contribution is 14.1. The van der Waals surface area contributed by atoms with Crippen LogP contribution in [0.1, 0.15) is 25.0 Å². The van der Waals surface area contributed by atoms with Crippen molar-refractivity contribution >= 4 is 57.3 Å². The van der Waals surface area contributed by atoms with Crippen LogP contribution in [-0.4, -0.2) is 31.4 Å². The average Bonchev–Trinajstić information content (AvgIpc) is 2.64. The summed E-state index contributed by atoms with van der Waals surface area (Å²) in [5, 5.41) is 4.07.